The van der Waals surface area contributed by atoms with E-state index in [0.29, 0.717) is 27.1 Å². The monoisotopic (exact) mass is 496 g/mol. The molecule has 2 aliphatic rings. The largest absolute Gasteiger partial charge is 0.493 e. The van der Waals surface area contributed by atoms with Gasteiger partial charge in [-0.15, -0.1) is 0 Å². The number of unbranched alkanes of at least 4 members (excludes halogenated alkanes) is 1. The third-order valence-electron chi connectivity index (χ3n) is 5.02. The van der Waals surface area contributed by atoms with Crippen LogP contribution in [-0.4, -0.2) is 40.0 Å². The molecule has 0 aromatic heterocycles. The fourth-order valence-electron chi connectivity index (χ4n) is 3.23. The number of hydrazone groups is 1. The fraction of sp³-hybridized carbons (Fsp3) is 0.208. The summed E-state index contributed by atoms with van der Waals surface area (Å²) >= 11 is 7.19. The van der Waals surface area contributed by atoms with E-state index in [0.717, 1.165) is 24.3 Å². The molecule has 1 N–H and O–H groups in total. The van der Waals surface area contributed by atoms with E-state index in [2.05, 4.69) is 17.0 Å². The molecule has 2 aromatic carbocycles. The first kappa shape index (κ1) is 23.7. The average Bonchev–Trinajstić information content (AvgIpc) is 3.24. The summed E-state index contributed by atoms with van der Waals surface area (Å²) in [5.41, 5.74) is 1.03. The van der Waals surface area contributed by atoms with Crippen LogP contribution in [0.2, 0.25) is 5.02 Å². The molecule has 0 aliphatic carbocycles. The number of hydrogen-bond donors (Lipinski definition) is 1. The number of hydrogen-bond acceptors (Lipinski definition) is 7. The molecule has 0 atom stereocenters. The highest BCUT2D eigenvalue weighted by molar-refractivity contribution is 8.26. The van der Waals surface area contributed by atoms with Crippen LogP contribution in [0.25, 0.3) is 6.08 Å². The van der Waals surface area contributed by atoms with E-state index in [1.165, 1.54) is 23.9 Å². The second kappa shape index (κ2) is 10.2. The first-order chi connectivity index (χ1) is 16.4. The number of fused-ring (bicyclic) bond motifs is 1. The lowest BCUT2D eigenvalue weighted by atomic mass is 10.1. The number of thioether (sulfide) groups is 1. The Morgan fingerprint density at radius 1 is 1.21 bits per heavy atom. The van der Waals surface area contributed by atoms with Crippen LogP contribution in [0.1, 0.15) is 42.1 Å². The standard InChI is InChI=1S/C24H21ClN4O4S/c1-3-4-5-20-28-29-21(26)17(22(30)27-24(29)34-20)12-14-6-11-18(19(13-14)32-2)33-23(31)15-7-9-16(25)10-8-15/h6-13,26H,3-5H2,1-2H3. The third-order valence-corrected chi connectivity index (χ3v) is 6.24. The van der Waals surface area contributed by atoms with Gasteiger partial charge in [-0.2, -0.15) is 15.1 Å². The number of amidine groups is 2. The van der Waals surface area contributed by atoms with Gasteiger partial charge in [-0.3, -0.25) is 10.2 Å². The Morgan fingerprint density at radius 2 is 1.97 bits per heavy atom. The van der Waals surface area contributed by atoms with Crippen LogP contribution in [0.5, 0.6) is 11.5 Å². The highest BCUT2D eigenvalue weighted by Gasteiger charge is 2.35. The molecular formula is C24H21ClN4O4S. The Morgan fingerprint density at radius 3 is 2.68 bits per heavy atom. The van der Waals surface area contributed by atoms with Crippen molar-refractivity contribution < 1.29 is 19.1 Å². The van der Waals surface area contributed by atoms with Gasteiger partial charge in [0.05, 0.1) is 18.2 Å². The second-order valence-electron chi connectivity index (χ2n) is 7.42. The lowest BCUT2D eigenvalue weighted by Gasteiger charge is -2.20. The lowest BCUT2D eigenvalue weighted by Crippen LogP contribution is -2.35. The van der Waals surface area contributed by atoms with Crippen LogP contribution in [0.15, 0.2) is 58.1 Å². The van der Waals surface area contributed by atoms with Gasteiger partial charge < -0.3 is 9.47 Å². The Balaban J connectivity index is 1.55. The van der Waals surface area contributed by atoms with Crippen molar-refractivity contribution in [3.8, 4) is 11.5 Å². The van der Waals surface area contributed by atoms with Crippen LogP contribution in [0, 0.1) is 5.41 Å². The van der Waals surface area contributed by atoms with Crippen LogP contribution in [-0.2, 0) is 4.79 Å². The number of rotatable bonds is 7. The maximum absolute atomic E-state index is 12.6. The maximum atomic E-state index is 12.6. The van der Waals surface area contributed by atoms with Crippen molar-refractivity contribution >= 4 is 57.4 Å². The Kier molecular flexibility index (Phi) is 7.14. The Hall–Kier alpha value is -3.43. The molecule has 4 rings (SSSR count). The van der Waals surface area contributed by atoms with Crippen LogP contribution >= 0.6 is 23.4 Å². The van der Waals surface area contributed by atoms with Gasteiger partial charge in [-0.25, -0.2) is 4.79 Å². The zero-order chi connectivity index (χ0) is 24.2. The number of carbonyl (C=O) groups is 2. The van der Waals surface area contributed by atoms with Crippen molar-refractivity contribution in [1.82, 2.24) is 5.01 Å². The molecule has 0 saturated heterocycles. The number of methoxy groups -OCH3 is 1. The van der Waals surface area contributed by atoms with E-state index in [4.69, 9.17) is 26.5 Å². The number of esters is 1. The summed E-state index contributed by atoms with van der Waals surface area (Å²) in [6.45, 7) is 2.09. The molecule has 2 heterocycles. The number of nitrogens with one attached hydrogen (secondary N) is 1. The SMILES string of the molecule is CCCCC1=NN2C(=N)C(=Cc3ccc(OC(=O)c4ccc(Cl)cc4)c(OC)c3)C(=O)N=C2S1. The summed E-state index contributed by atoms with van der Waals surface area (Å²) in [6.07, 6.45) is 4.33. The first-order valence-corrected chi connectivity index (χ1v) is 11.7. The van der Waals surface area contributed by atoms with Gasteiger partial charge >= 0.3 is 5.97 Å². The molecule has 0 saturated carbocycles. The number of nitrogens with zero attached hydrogens (tertiary/aromatic N) is 3. The minimum Gasteiger partial charge on any atom is -0.493 e. The van der Waals surface area contributed by atoms with E-state index in [1.807, 2.05) is 0 Å². The van der Waals surface area contributed by atoms with Crippen LogP contribution in [0.3, 0.4) is 0 Å². The average molecular weight is 497 g/mol. The summed E-state index contributed by atoms with van der Waals surface area (Å²) < 4.78 is 10.8. The second-order valence-corrected chi connectivity index (χ2v) is 8.90. The smallest absolute Gasteiger partial charge is 0.343 e. The van der Waals surface area contributed by atoms with Crippen LogP contribution < -0.4 is 9.47 Å². The summed E-state index contributed by atoms with van der Waals surface area (Å²) in [7, 11) is 1.45. The predicted molar refractivity (Wildman–Crippen MR) is 134 cm³/mol. The zero-order valence-electron chi connectivity index (χ0n) is 18.5. The Labute approximate surface area is 205 Å². The van der Waals surface area contributed by atoms with Gasteiger partial charge in [0.2, 0.25) is 5.17 Å². The van der Waals surface area contributed by atoms with Crippen molar-refractivity contribution in [2.24, 2.45) is 10.1 Å². The summed E-state index contributed by atoms with van der Waals surface area (Å²) in [4.78, 5) is 29.2. The predicted octanol–water partition coefficient (Wildman–Crippen LogP) is 5.38. The lowest BCUT2D eigenvalue weighted by molar-refractivity contribution is -0.114. The maximum Gasteiger partial charge on any atom is 0.343 e. The number of ether oxygens (including phenoxy) is 2. The molecule has 10 heteroatoms. The molecule has 34 heavy (non-hydrogen) atoms. The van der Waals surface area contributed by atoms with Gasteiger partial charge in [0.25, 0.3) is 5.91 Å². The summed E-state index contributed by atoms with van der Waals surface area (Å²) in [6, 6.07) is 11.2. The molecule has 174 valence electrons. The number of amides is 1. The van der Waals surface area contributed by atoms with E-state index in [9.17, 15) is 9.59 Å². The van der Waals surface area contributed by atoms with Crippen molar-refractivity contribution in [3.63, 3.8) is 0 Å². The molecule has 0 unspecified atom stereocenters. The van der Waals surface area contributed by atoms with Gasteiger partial charge in [-0.05, 0) is 72.6 Å². The molecule has 8 nitrogen and oxygen atoms in total. The van der Waals surface area contributed by atoms with Gasteiger partial charge in [0.15, 0.2) is 17.3 Å². The number of carbonyl (C=O) groups excluding carboxylic acids is 2. The summed E-state index contributed by atoms with van der Waals surface area (Å²) in [5, 5.41) is 16.1. The normalized spacial score (nSPS) is 16.3. The van der Waals surface area contributed by atoms with E-state index >= 15 is 0 Å². The molecule has 0 fully saturated rings. The Bertz CT molecular complexity index is 1250. The number of halogens is 1. The first-order valence-electron chi connectivity index (χ1n) is 10.5. The molecule has 0 radical (unpaired) electrons. The van der Waals surface area contributed by atoms with E-state index < -0.39 is 11.9 Å². The van der Waals surface area contributed by atoms with Crippen molar-refractivity contribution in [1.29, 1.82) is 5.41 Å². The highest BCUT2D eigenvalue weighted by atomic mass is 35.5. The van der Waals surface area contributed by atoms with Crippen molar-refractivity contribution in [3.05, 3.63) is 64.2 Å². The molecule has 0 bridgehead atoms. The minimum atomic E-state index is -0.560. The fourth-order valence-corrected chi connectivity index (χ4v) is 4.28. The molecular weight excluding hydrogens is 476 g/mol. The third kappa shape index (κ3) is 5.05. The highest BCUT2D eigenvalue weighted by Crippen LogP contribution is 2.32. The summed E-state index contributed by atoms with van der Waals surface area (Å²) in [5.74, 6) is -0.585. The molecule has 0 spiro atoms. The number of aliphatic imine (C=N–C) groups is 1. The van der Waals surface area contributed by atoms with Gasteiger partial charge in [-0.1, -0.05) is 31.0 Å². The molecule has 2 aliphatic heterocycles. The minimum absolute atomic E-state index is 0.0359. The van der Waals surface area contributed by atoms with Gasteiger partial charge in [0.1, 0.15) is 5.04 Å². The quantitative estimate of drug-likeness (QED) is 0.313. The molecule has 1 amide bonds. The van der Waals surface area contributed by atoms with Crippen molar-refractivity contribution in [2.75, 3.05) is 7.11 Å². The van der Waals surface area contributed by atoms with Crippen molar-refractivity contribution in [2.45, 2.75) is 26.2 Å². The molecule has 2 aromatic rings. The van der Waals surface area contributed by atoms with E-state index in [-0.39, 0.29) is 17.2 Å². The van der Waals surface area contributed by atoms with Gasteiger partial charge in [0, 0.05) is 5.02 Å². The number of benzene rings is 2. The topological polar surface area (TPSA) is 104 Å². The van der Waals surface area contributed by atoms with E-state index in [1.54, 1.807) is 48.5 Å². The van der Waals surface area contributed by atoms with Crippen LogP contribution in [0.4, 0.5) is 0 Å². The zero-order valence-corrected chi connectivity index (χ0v) is 20.1.